The summed E-state index contributed by atoms with van der Waals surface area (Å²) in [6.07, 6.45) is 10.8. The van der Waals surface area contributed by atoms with Crippen LogP contribution in [0.25, 0.3) is 0 Å². The van der Waals surface area contributed by atoms with Crippen molar-refractivity contribution in [1.82, 2.24) is 5.32 Å². The highest BCUT2D eigenvalue weighted by molar-refractivity contribution is 4.83. The minimum Gasteiger partial charge on any atom is -0.316 e. The topological polar surface area (TPSA) is 12.0 Å². The van der Waals surface area contributed by atoms with Gasteiger partial charge in [0, 0.05) is 6.54 Å². The summed E-state index contributed by atoms with van der Waals surface area (Å²) in [5.74, 6) is 0.922. The lowest BCUT2D eigenvalue weighted by molar-refractivity contribution is 0.169. The Hall–Kier alpha value is -0.0400. The molecule has 0 amide bonds. The highest BCUT2D eigenvalue weighted by Gasteiger charge is 2.29. The zero-order chi connectivity index (χ0) is 13.9. The highest BCUT2D eigenvalue weighted by Crippen LogP contribution is 2.37. The molecule has 0 saturated carbocycles. The Balaban J connectivity index is 4.51. The van der Waals surface area contributed by atoms with Gasteiger partial charge in [-0.1, -0.05) is 60.3 Å². The first kappa shape index (κ1) is 18.0. The van der Waals surface area contributed by atoms with Crippen molar-refractivity contribution < 1.29 is 0 Å². The third-order valence-corrected chi connectivity index (χ3v) is 4.61. The van der Waals surface area contributed by atoms with Crippen LogP contribution in [0.4, 0.5) is 0 Å². The van der Waals surface area contributed by atoms with Crippen molar-refractivity contribution in [3.63, 3.8) is 0 Å². The third kappa shape index (κ3) is 6.78. The van der Waals surface area contributed by atoms with Crippen LogP contribution in [-0.4, -0.2) is 13.1 Å². The Bertz CT molecular complexity index is 174. The molecule has 0 aromatic carbocycles. The average Bonchev–Trinajstić information content (AvgIpc) is 2.41. The molecule has 0 fully saturated rings. The van der Waals surface area contributed by atoms with E-state index in [4.69, 9.17) is 0 Å². The first-order valence-corrected chi connectivity index (χ1v) is 8.38. The molecule has 0 radical (unpaired) electrons. The maximum absolute atomic E-state index is 3.69. The largest absolute Gasteiger partial charge is 0.316 e. The molecule has 0 rings (SSSR count). The maximum Gasteiger partial charge on any atom is 0.000780 e. The van der Waals surface area contributed by atoms with Crippen molar-refractivity contribution in [3.05, 3.63) is 0 Å². The Labute approximate surface area is 116 Å². The van der Waals surface area contributed by atoms with Gasteiger partial charge in [-0.3, -0.25) is 0 Å². The van der Waals surface area contributed by atoms with Gasteiger partial charge in [-0.15, -0.1) is 0 Å². The lowest BCUT2D eigenvalue weighted by Gasteiger charge is -2.36. The quantitative estimate of drug-likeness (QED) is 0.460. The summed E-state index contributed by atoms with van der Waals surface area (Å²) in [6, 6.07) is 0. The molecule has 110 valence electrons. The Morgan fingerprint density at radius 2 is 1.61 bits per heavy atom. The second-order valence-electron chi connectivity index (χ2n) is 6.02. The summed E-state index contributed by atoms with van der Waals surface area (Å²) in [5.41, 5.74) is 0.557. The summed E-state index contributed by atoms with van der Waals surface area (Å²) >= 11 is 0. The highest BCUT2D eigenvalue weighted by atomic mass is 14.9. The lowest BCUT2D eigenvalue weighted by Crippen LogP contribution is -2.36. The fourth-order valence-electron chi connectivity index (χ4n) is 2.98. The van der Waals surface area contributed by atoms with Crippen LogP contribution in [0.3, 0.4) is 0 Å². The SMILES string of the molecule is CCCCC(CC)(CNCCC)CC(CC)CC. The average molecular weight is 255 g/mol. The van der Waals surface area contributed by atoms with Crippen molar-refractivity contribution in [2.45, 2.75) is 86.0 Å². The van der Waals surface area contributed by atoms with Crippen LogP contribution >= 0.6 is 0 Å². The number of hydrogen-bond donors (Lipinski definition) is 1. The number of unbranched alkanes of at least 4 members (excludes halogenated alkanes) is 1. The normalized spacial score (nSPS) is 15.0. The minimum atomic E-state index is 0.557. The molecular formula is C17H37N. The van der Waals surface area contributed by atoms with Crippen molar-refractivity contribution in [1.29, 1.82) is 0 Å². The fourth-order valence-corrected chi connectivity index (χ4v) is 2.98. The zero-order valence-electron chi connectivity index (χ0n) is 13.6. The maximum atomic E-state index is 3.69. The molecule has 0 aliphatic rings. The second-order valence-corrected chi connectivity index (χ2v) is 6.02. The molecule has 1 heteroatoms. The Morgan fingerprint density at radius 3 is 2.06 bits per heavy atom. The summed E-state index contributed by atoms with van der Waals surface area (Å²) in [4.78, 5) is 0. The van der Waals surface area contributed by atoms with Crippen LogP contribution in [0.1, 0.15) is 86.0 Å². The second kappa shape index (κ2) is 10.8. The van der Waals surface area contributed by atoms with Gasteiger partial charge in [0.1, 0.15) is 0 Å². The fraction of sp³-hybridized carbons (Fsp3) is 1.00. The van der Waals surface area contributed by atoms with E-state index in [0.29, 0.717) is 5.41 Å². The van der Waals surface area contributed by atoms with Gasteiger partial charge in [0.15, 0.2) is 0 Å². The smallest absolute Gasteiger partial charge is 0.000780 e. The van der Waals surface area contributed by atoms with E-state index in [-0.39, 0.29) is 0 Å². The summed E-state index contributed by atoms with van der Waals surface area (Å²) in [5, 5.41) is 3.69. The van der Waals surface area contributed by atoms with Gasteiger partial charge in [0.25, 0.3) is 0 Å². The van der Waals surface area contributed by atoms with Gasteiger partial charge in [0.2, 0.25) is 0 Å². The molecule has 0 aliphatic carbocycles. The van der Waals surface area contributed by atoms with Gasteiger partial charge < -0.3 is 5.32 Å². The van der Waals surface area contributed by atoms with E-state index in [1.165, 1.54) is 64.5 Å². The number of rotatable bonds is 12. The predicted octanol–water partition coefficient (Wildman–Crippen LogP) is 5.40. The molecule has 1 N–H and O–H groups in total. The van der Waals surface area contributed by atoms with E-state index < -0.39 is 0 Å². The molecule has 0 aromatic heterocycles. The molecule has 1 unspecified atom stereocenters. The van der Waals surface area contributed by atoms with Gasteiger partial charge in [0.05, 0.1) is 0 Å². The van der Waals surface area contributed by atoms with Crippen LogP contribution in [0.5, 0.6) is 0 Å². The van der Waals surface area contributed by atoms with Gasteiger partial charge in [-0.2, -0.15) is 0 Å². The molecule has 0 spiro atoms. The van der Waals surface area contributed by atoms with E-state index in [0.717, 1.165) is 5.92 Å². The van der Waals surface area contributed by atoms with Crippen LogP contribution in [-0.2, 0) is 0 Å². The molecule has 0 aromatic rings. The van der Waals surface area contributed by atoms with Crippen LogP contribution in [0.15, 0.2) is 0 Å². The van der Waals surface area contributed by atoms with Crippen molar-refractivity contribution >= 4 is 0 Å². The van der Waals surface area contributed by atoms with E-state index in [1.54, 1.807) is 0 Å². The first-order valence-electron chi connectivity index (χ1n) is 8.38. The van der Waals surface area contributed by atoms with E-state index in [9.17, 15) is 0 Å². The summed E-state index contributed by atoms with van der Waals surface area (Å²) in [7, 11) is 0. The Kier molecular flexibility index (Phi) is 10.8. The molecule has 0 saturated heterocycles. The molecular weight excluding hydrogens is 218 g/mol. The Morgan fingerprint density at radius 1 is 0.944 bits per heavy atom. The van der Waals surface area contributed by atoms with Crippen molar-refractivity contribution in [2.75, 3.05) is 13.1 Å². The van der Waals surface area contributed by atoms with Gasteiger partial charge in [-0.05, 0) is 43.6 Å². The molecule has 18 heavy (non-hydrogen) atoms. The van der Waals surface area contributed by atoms with Gasteiger partial charge in [-0.25, -0.2) is 0 Å². The molecule has 1 nitrogen and oxygen atoms in total. The van der Waals surface area contributed by atoms with E-state index in [1.807, 2.05) is 0 Å². The minimum absolute atomic E-state index is 0.557. The lowest BCUT2D eigenvalue weighted by atomic mass is 9.72. The standard InChI is InChI=1S/C17H37N/c1-6-11-12-17(10-5,15-18-13-7-2)14-16(8-3)9-4/h16,18H,6-15H2,1-5H3. The molecule has 1 atom stereocenters. The third-order valence-electron chi connectivity index (χ3n) is 4.61. The summed E-state index contributed by atoms with van der Waals surface area (Å²) in [6.45, 7) is 14.1. The monoisotopic (exact) mass is 255 g/mol. The molecule has 0 heterocycles. The number of hydrogen-bond acceptors (Lipinski definition) is 1. The first-order chi connectivity index (χ1) is 8.67. The van der Waals surface area contributed by atoms with Crippen LogP contribution < -0.4 is 5.32 Å². The molecule has 0 bridgehead atoms. The predicted molar refractivity (Wildman–Crippen MR) is 84.1 cm³/mol. The van der Waals surface area contributed by atoms with Crippen molar-refractivity contribution in [3.8, 4) is 0 Å². The summed E-state index contributed by atoms with van der Waals surface area (Å²) < 4.78 is 0. The van der Waals surface area contributed by atoms with E-state index in [2.05, 4.69) is 39.9 Å². The number of nitrogens with one attached hydrogen (secondary N) is 1. The van der Waals surface area contributed by atoms with Crippen LogP contribution in [0, 0.1) is 11.3 Å². The molecule has 0 aliphatic heterocycles. The van der Waals surface area contributed by atoms with Gasteiger partial charge >= 0.3 is 0 Å². The van der Waals surface area contributed by atoms with Crippen LogP contribution in [0.2, 0.25) is 0 Å². The van der Waals surface area contributed by atoms with Crippen molar-refractivity contribution in [2.24, 2.45) is 11.3 Å². The van der Waals surface area contributed by atoms with E-state index >= 15 is 0 Å². The zero-order valence-corrected chi connectivity index (χ0v) is 13.6.